The highest BCUT2D eigenvalue weighted by Crippen LogP contribution is 2.27. The molecule has 2 aromatic rings. The summed E-state index contributed by atoms with van der Waals surface area (Å²) in [4.78, 5) is 11.0. The van der Waals surface area contributed by atoms with Crippen molar-refractivity contribution < 1.29 is 14.6 Å². The fraction of sp³-hybridized carbons (Fsp3) is 0.0667. The molecule has 4 nitrogen and oxygen atoms in total. The van der Waals surface area contributed by atoms with Crippen LogP contribution in [0.5, 0.6) is 5.75 Å². The number of benzene rings is 2. The van der Waals surface area contributed by atoms with Crippen LogP contribution in [0.25, 0.3) is 11.1 Å². The zero-order valence-electron chi connectivity index (χ0n) is 10.3. The van der Waals surface area contributed by atoms with Gasteiger partial charge in [-0.05, 0) is 35.4 Å². The Labute approximate surface area is 110 Å². The highest BCUT2D eigenvalue weighted by Gasteiger charge is 2.11. The first-order chi connectivity index (χ1) is 9.15. The van der Waals surface area contributed by atoms with Crippen LogP contribution in [0, 0.1) is 11.3 Å². The average molecular weight is 253 g/mol. The third kappa shape index (κ3) is 2.55. The van der Waals surface area contributed by atoms with E-state index in [1.807, 2.05) is 6.07 Å². The molecule has 0 saturated heterocycles. The Kier molecular flexibility index (Phi) is 3.48. The number of carbonyl (C=O) groups is 1. The summed E-state index contributed by atoms with van der Waals surface area (Å²) in [5.74, 6) is -0.735. The highest BCUT2D eigenvalue weighted by atomic mass is 16.5. The molecule has 19 heavy (non-hydrogen) atoms. The smallest absolute Gasteiger partial charge is 0.339 e. The maximum absolute atomic E-state index is 11.0. The van der Waals surface area contributed by atoms with E-state index in [9.17, 15) is 4.79 Å². The first-order valence-corrected chi connectivity index (χ1v) is 5.57. The minimum absolute atomic E-state index is 0.114. The number of hydrogen-bond acceptors (Lipinski definition) is 3. The van der Waals surface area contributed by atoms with Crippen molar-refractivity contribution >= 4 is 5.97 Å². The van der Waals surface area contributed by atoms with E-state index in [-0.39, 0.29) is 5.56 Å². The number of aromatic carboxylic acids is 1. The van der Waals surface area contributed by atoms with Gasteiger partial charge in [-0.15, -0.1) is 0 Å². The second kappa shape index (κ2) is 5.23. The SMILES string of the molecule is COc1cc(-c2cccc(C#N)c2)ccc1C(=O)O. The molecule has 2 rings (SSSR count). The Bertz CT molecular complexity index is 671. The summed E-state index contributed by atoms with van der Waals surface area (Å²) in [6.07, 6.45) is 0. The first kappa shape index (κ1) is 12.7. The van der Waals surface area contributed by atoms with E-state index in [4.69, 9.17) is 15.1 Å². The lowest BCUT2D eigenvalue weighted by atomic mass is 10.0. The zero-order chi connectivity index (χ0) is 13.8. The second-order valence-electron chi connectivity index (χ2n) is 3.91. The Morgan fingerprint density at radius 3 is 2.58 bits per heavy atom. The molecule has 0 bridgehead atoms. The lowest BCUT2D eigenvalue weighted by Crippen LogP contribution is -2.00. The van der Waals surface area contributed by atoms with Gasteiger partial charge < -0.3 is 9.84 Å². The van der Waals surface area contributed by atoms with Gasteiger partial charge in [0.15, 0.2) is 0 Å². The number of carboxylic acids is 1. The van der Waals surface area contributed by atoms with E-state index in [1.165, 1.54) is 13.2 Å². The van der Waals surface area contributed by atoms with Crippen molar-refractivity contribution in [3.63, 3.8) is 0 Å². The summed E-state index contributed by atoms with van der Waals surface area (Å²) < 4.78 is 5.08. The minimum atomic E-state index is -1.03. The molecule has 0 fully saturated rings. The van der Waals surface area contributed by atoms with Crippen molar-refractivity contribution in [2.75, 3.05) is 7.11 Å². The van der Waals surface area contributed by atoms with Crippen LogP contribution in [-0.4, -0.2) is 18.2 Å². The largest absolute Gasteiger partial charge is 0.496 e. The highest BCUT2D eigenvalue weighted by molar-refractivity contribution is 5.92. The van der Waals surface area contributed by atoms with Gasteiger partial charge in [0.05, 0.1) is 18.7 Å². The molecule has 4 heteroatoms. The lowest BCUT2D eigenvalue weighted by molar-refractivity contribution is 0.0693. The van der Waals surface area contributed by atoms with Crippen LogP contribution >= 0.6 is 0 Å². The molecule has 0 radical (unpaired) electrons. The Morgan fingerprint density at radius 1 is 1.21 bits per heavy atom. The normalized spacial score (nSPS) is 9.68. The number of ether oxygens (including phenoxy) is 1. The van der Waals surface area contributed by atoms with Crippen LogP contribution in [0.2, 0.25) is 0 Å². The maximum atomic E-state index is 11.0. The van der Waals surface area contributed by atoms with Gasteiger partial charge in [-0.3, -0.25) is 0 Å². The van der Waals surface area contributed by atoms with Crippen molar-refractivity contribution in [1.29, 1.82) is 5.26 Å². The fourth-order valence-corrected chi connectivity index (χ4v) is 1.82. The predicted molar refractivity (Wildman–Crippen MR) is 70.1 cm³/mol. The molecule has 0 aliphatic rings. The first-order valence-electron chi connectivity index (χ1n) is 5.57. The lowest BCUT2D eigenvalue weighted by Gasteiger charge is -2.08. The van der Waals surface area contributed by atoms with E-state index in [0.717, 1.165) is 11.1 Å². The van der Waals surface area contributed by atoms with Crippen molar-refractivity contribution in [2.45, 2.75) is 0 Å². The van der Waals surface area contributed by atoms with Gasteiger partial charge in [0, 0.05) is 0 Å². The standard InChI is InChI=1S/C15H11NO3/c1-19-14-8-12(5-6-13(14)15(17)18)11-4-2-3-10(7-11)9-16/h2-8H,1H3,(H,17,18). The van der Waals surface area contributed by atoms with Crippen LogP contribution in [0.3, 0.4) is 0 Å². The van der Waals surface area contributed by atoms with Crippen molar-refractivity contribution in [3.05, 3.63) is 53.6 Å². The molecule has 0 aromatic heterocycles. The van der Waals surface area contributed by atoms with Crippen molar-refractivity contribution in [1.82, 2.24) is 0 Å². The molecule has 0 aliphatic heterocycles. The molecule has 0 heterocycles. The monoisotopic (exact) mass is 253 g/mol. The van der Waals surface area contributed by atoms with E-state index < -0.39 is 5.97 Å². The van der Waals surface area contributed by atoms with Gasteiger partial charge in [0.25, 0.3) is 0 Å². The molecule has 94 valence electrons. The van der Waals surface area contributed by atoms with E-state index >= 15 is 0 Å². The molecule has 0 amide bonds. The quantitative estimate of drug-likeness (QED) is 0.912. The molecule has 0 spiro atoms. The molecular formula is C15H11NO3. The average Bonchev–Trinajstić information content (AvgIpc) is 2.46. The number of carboxylic acid groups (broad SMARTS) is 1. The fourth-order valence-electron chi connectivity index (χ4n) is 1.82. The second-order valence-corrected chi connectivity index (χ2v) is 3.91. The molecule has 0 atom stereocenters. The minimum Gasteiger partial charge on any atom is -0.496 e. The van der Waals surface area contributed by atoms with Gasteiger partial charge >= 0.3 is 5.97 Å². The third-order valence-electron chi connectivity index (χ3n) is 2.76. The molecule has 2 aromatic carbocycles. The van der Waals surface area contributed by atoms with Crippen LogP contribution in [0.15, 0.2) is 42.5 Å². The molecule has 0 aliphatic carbocycles. The topological polar surface area (TPSA) is 70.3 Å². The Balaban J connectivity index is 2.52. The molecule has 0 unspecified atom stereocenters. The van der Waals surface area contributed by atoms with Crippen LogP contribution in [-0.2, 0) is 0 Å². The molecule has 0 saturated carbocycles. The zero-order valence-corrected chi connectivity index (χ0v) is 10.3. The van der Waals surface area contributed by atoms with E-state index in [1.54, 1.807) is 30.3 Å². The van der Waals surface area contributed by atoms with E-state index in [2.05, 4.69) is 6.07 Å². The van der Waals surface area contributed by atoms with Gasteiger partial charge in [0.2, 0.25) is 0 Å². The number of methoxy groups -OCH3 is 1. The Hall–Kier alpha value is -2.80. The van der Waals surface area contributed by atoms with Crippen molar-refractivity contribution in [3.8, 4) is 22.9 Å². The third-order valence-corrected chi connectivity index (χ3v) is 2.76. The van der Waals surface area contributed by atoms with Gasteiger partial charge in [-0.25, -0.2) is 4.79 Å². The Morgan fingerprint density at radius 2 is 1.95 bits per heavy atom. The number of nitriles is 1. The van der Waals surface area contributed by atoms with Crippen molar-refractivity contribution in [2.24, 2.45) is 0 Å². The van der Waals surface area contributed by atoms with Crippen LogP contribution in [0.4, 0.5) is 0 Å². The summed E-state index contributed by atoms with van der Waals surface area (Å²) in [7, 11) is 1.43. The summed E-state index contributed by atoms with van der Waals surface area (Å²) >= 11 is 0. The summed E-state index contributed by atoms with van der Waals surface area (Å²) in [6.45, 7) is 0. The number of rotatable bonds is 3. The van der Waals surface area contributed by atoms with Crippen LogP contribution in [0.1, 0.15) is 15.9 Å². The van der Waals surface area contributed by atoms with Gasteiger partial charge in [-0.2, -0.15) is 5.26 Å². The molecular weight excluding hydrogens is 242 g/mol. The molecule has 1 N–H and O–H groups in total. The summed E-state index contributed by atoms with van der Waals surface area (Å²) in [5.41, 5.74) is 2.31. The number of nitrogens with zero attached hydrogens (tertiary/aromatic N) is 1. The van der Waals surface area contributed by atoms with Crippen LogP contribution < -0.4 is 4.74 Å². The summed E-state index contributed by atoms with van der Waals surface area (Å²) in [5, 5.41) is 17.9. The van der Waals surface area contributed by atoms with Gasteiger partial charge in [0.1, 0.15) is 11.3 Å². The van der Waals surface area contributed by atoms with E-state index in [0.29, 0.717) is 11.3 Å². The van der Waals surface area contributed by atoms with Gasteiger partial charge in [-0.1, -0.05) is 18.2 Å². The maximum Gasteiger partial charge on any atom is 0.339 e. The predicted octanol–water partition coefficient (Wildman–Crippen LogP) is 2.93. The summed E-state index contributed by atoms with van der Waals surface area (Å²) in [6, 6.07) is 14.0. The number of hydrogen-bond donors (Lipinski definition) is 1.